The molecule has 0 saturated carbocycles. The highest BCUT2D eigenvalue weighted by atomic mass is 16.6. The Balaban J connectivity index is 1.90. The van der Waals surface area contributed by atoms with Crippen molar-refractivity contribution in [1.82, 2.24) is 0 Å². The monoisotopic (exact) mass is 400 g/mol. The third-order valence-electron chi connectivity index (χ3n) is 5.47. The summed E-state index contributed by atoms with van der Waals surface area (Å²) in [5.74, 6) is 0. The fourth-order valence-corrected chi connectivity index (χ4v) is 3.63. The van der Waals surface area contributed by atoms with Gasteiger partial charge in [0.15, 0.2) is 0 Å². The van der Waals surface area contributed by atoms with Crippen LogP contribution in [-0.2, 0) is 9.47 Å². The number of hydrogen-bond acceptors (Lipinski definition) is 5. The summed E-state index contributed by atoms with van der Waals surface area (Å²) in [6.07, 6.45) is 17.9. The first kappa shape index (κ1) is 25.6. The summed E-state index contributed by atoms with van der Waals surface area (Å²) in [5.41, 5.74) is 0. The zero-order valence-electron chi connectivity index (χ0n) is 17.9. The molecule has 0 aromatic rings. The van der Waals surface area contributed by atoms with Crippen LogP contribution < -0.4 is 0 Å². The minimum absolute atomic E-state index is 0.0890. The van der Waals surface area contributed by atoms with Crippen molar-refractivity contribution in [1.29, 1.82) is 0 Å². The molecule has 0 radical (unpaired) electrons. The molecule has 0 aromatic carbocycles. The van der Waals surface area contributed by atoms with Crippen LogP contribution in [0.4, 0.5) is 0 Å². The Morgan fingerprint density at radius 3 is 2.04 bits per heavy atom. The molecule has 0 aromatic heterocycles. The normalized spacial score (nSPS) is 25.6. The first-order valence-electron chi connectivity index (χ1n) is 11.6. The second-order valence-electron chi connectivity index (χ2n) is 8.03. The summed E-state index contributed by atoms with van der Waals surface area (Å²) in [7, 11) is 0. The molecule has 0 bridgehead atoms. The molecule has 0 aliphatic carbocycles. The van der Waals surface area contributed by atoms with Crippen LogP contribution in [0.1, 0.15) is 90.4 Å². The molecule has 4 atom stereocenters. The zero-order chi connectivity index (χ0) is 20.5. The van der Waals surface area contributed by atoms with Gasteiger partial charge in [-0.1, -0.05) is 76.9 Å². The molecule has 1 heterocycles. The van der Waals surface area contributed by atoms with Gasteiger partial charge in [-0.25, -0.2) is 0 Å². The lowest BCUT2D eigenvalue weighted by molar-refractivity contribution is -0.210. The van der Waals surface area contributed by atoms with Crippen molar-refractivity contribution in [3.63, 3.8) is 0 Å². The number of unbranched alkanes of at least 4 members (excludes halogenated alkanes) is 11. The van der Waals surface area contributed by atoms with Crippen LogP contribution in [0.5, 0.6) is 0 Å². The van der Waals surface area contributed by atoms with E-state index >= 15 is 0 Å². The minimum atomic E-state index is -0.986. The number of aliphatic hydroxyl groups excluding tert-OH is 3. The molecule has 1 rings (SSSR count). The summed E-state index contributed by atoms with van der Waals surface area (Å²) in [6.45, 7) is 2.57. The summed E-state index contributed by atoms with van der Waals surface area (Å²) >= 11 is 0. The first-order chi connectivity index (χ1) is 13.7. The highest BCUT2D eigenvalue weighted by Gasteiger charge is 2.38. The molecule has 1 aliphatic rings. The standard InChI is InChI=1S/C23H44O5/c1-2-3-4-5-6-7-8-9-10-11-12-13-14-15-16-17-27-23-20(25)19-28-21(18-24)22(23)26/h13-14,20-26H,2-12,15-19H2,1H3/b14-13+/t20-,21+,22+,23+/m1/s1. The van der Waals surface area contributed by atoms with Crippen molar-refractivity contribution in [3.8, 4) is 0 Å². The number of aliphatic hydroxyl groups is 3. The molecule has 1 fully saturated rings. The molecule has 166 valence electrons. The Hall–Kier alpha value is -0.460. The van der Waals surface area contributed by atoms with Gasteiger partial charge in [0.1, 0.15) is 24.4 Å². The fraction of sp³-hybridized carbons (Fsp3) is 0.913. The smallest absolute Gasteiger partial charge is 0.114 e. The number of rotatable bonds is 17. The lowest BCUT2D eigenvalue weighted by Crippen LogP contribution is -2.55. The van der Waals surface area contributed by atoms with E-state index in [0.29, 0.717) is 6.61 Å². The molecular formula is C23H44O5. The lowest BCUT2D eigenvalue weighted by atomic mass is 10.0. The van der Waals surface area contributed by atoms with Gasteiger partial charge in [0.05, 0.1) is 13.2 Å². The zero-order valence-corrected chi connectivity index (χ0v) is 17.9. The predicted molar refractivity (Wildman–Crippen MR) is 113 cm³/mol. The van der Waals surface area contributed by atoms with E-state index in [2.05, 4.69) is 19.1 Å². The van der Waals surface area contributed by atoms with E-state index in [1.807, 2.05) is 0 Å². The molecule has 1 aliphatic heterocycles. The second-order valence-corrected chi connectivity index (χ2v) is 8.03. The summed E-state index contributed by atoms with van der Waals surface area (Å²) in [6, 6.07) is 0. The van der Waals surface area contributed by atoms with Gasteiger partial charge in [0, 0.05) is 6.61 Å². The molecule has 5 nitrogen and oxygen atoms in total. The van der Waals surface area contributed by atoms with E-state index in [1.165, 1.54) is 64.2 Å². The highest BCUT2D eigenvalue weighted by Crippen LogP contribution is 2.19. The molecular weight excluding hydrogens is 356 g/mol. The summed E-state index contributed by atoms with van der Waals surface area (Å²) in [4.78, 5) is 0. The highest BCUT2D eigenvalue weighted by molar-refractivity contribution is 4.88. The molecule has 0 spiro atoms. The van der Waals surface area contributed by atoms with Crippen molar-refractivity contribution in [2.45, 2.75) is 115 Å². The van der Waals surface area contributed by atoms with Crippen molar-refractivity contribution in [2.75, 3.05) is 19.8 Å². The Bertz CT molecular complexity index is 374. The van der Waals surface area contributed by atoms with Gasteiger partial charge in [-0.2, -0.15) is 0 Å². The summed E-state index contributed by atoms with van der Waals surface area (Å²) < 4.78 is 10.8. The number of ether oxygens (including phenoxy) is 2. The van der Waals surface area contributed by atoms with E-state index in [-0.39, 0.29) is 13.2 Å². The van der Waals surface area contributed by atoms with E-state index in [1.54, 1.807) is 0 Å². The van der Waals surface area contributed by atoms with E-state index in [9.17, 15) is 10.2 Å². The maximum absolute atomic E-state index is 10.0. The average Bonchev–Trinajstić information content (AvgIpc) is 2.70. The van der Waals surface area contributed by atoms with Gasteiger partial charge in [0.2, 0.25) is 0 Å². The van der Waals surface area contributed by atoms with Crippen LogP contribution in [0.15, 0.2) is 12.2 Å². The third-order valence-corrected chi connectivity index (χ3v) is 5.47. The van der Waals surface area contributed by atoms with Crippen molar-refractivity contribution < 1.29 is 24.8 Å². The Kier molecular flexibility index (Phi) is 15.9. The van der Waals surface area contributed by atoms with Crippen LogP contribution in [0, 0.1) is 0 Å². The Labute approximate surface area is 172 Å². The van der Waals surface area contributed by atoms with Crippen LogP contribution in [0.25, 0.3) is 0 Å². The third kappa shape index (κ3) is 11.5. The SMILES string of the molecule is CCCCCCCCCCCC/C=C/CCCO[C@@H]1[C@@H](O)[C@H](CO)OC[C@H]1O. The van der Waals surface area contributed by atoms with Gasteiger partial charge in [-0.15, -0.1) is 0 Å². The van der Waals surface area contributed by atoms with Crippen LogP contribution in [-0.4, -0.2) is 59.6 Å². The molecule has 1 saturated heterocycles. The number of hydrogen-bond donors (Lipinski definition) is 3. The molecule has 3 N–H and O–H groups in total. The van der Waals surface area contributed by atoms with Gasteiger partial charge < -0.3 is 24.8 Å². The molecule has 0 amide bonds. The van der Waals surface area contributed by atoms with E-state index in [4.69, 9.17) is 14.6 Å². The van der Waals surface area contributed by atoms with Crippen LogP contribution in [0.3, 0.4) is 0 Å². The van der Waals surface area contributed by atoms with Gasteiger partial charge in [-0.05, 0) is 25.7 Å². The van der Waals surface area contributed by atoms with Crippen molar-refractivity contribution >= 4 is 0 Å². The lowest BCUT2D eigenvalue weighted by Gasteiger charge is -2.37. The second kappa shape index (κ2) is 17.4. The fourth-order valence-electron chi connectivity index (χ4n) is 3.63. The molecule has 28 heavy (non-hydrogen) atoms. The largest absolute Gasteiger partial charge is 0.394 e. The summed E-state index contributed by atoms with van der Waals surface area (Å²) in [5, 5.41) is 29.1. The maximum Gasteiger partial charge on any atom is 0.114 e. The van der Waals surface area contributed by atoms with Crippen molar-refractivity contribution in [2.24, 2.45) is 0 Å². The van der Waals surface area contributed by atoms with E-state index in [0.717, 1.165) is 19.3 Å². The number of allylic oxidation sites excluding steroid dienone is 2. The van der Waals surface area contributed by atoms with Crippen molar-refractivity contribution in [3.05, 3.63) is 12.2 Å². The Morgan fingerprint density at radius 1 is 0.857 bits per heavy atom. The predicted octanol–water partition coefficient (Wildman–Crippen LogP) is 4.13. The van der Waals surface area contributed by atoms with E-state index < -0.39 is 24.4 Å². The average molecular weight is 401 g/mol. The maximum atomic E-state index is 10.0. The first-order valence-corrected chi connectivity index (χ1v) is 11.6. The van der Waals surface area contributed by atoms with Crippen LogP contribution in [0.2, 0.25) is 0 Å². The minimum Gasteiger partial charge on any atom is -0.394 e. The van der Waals surface area contributed by atoms with Gasteiger partial charge in [0.25, 0.3) is 0 Å². The van der Waals surface area contributed by atoms with Gasteiger partial charge >= 0.3 is 0 Å². The molecule has 5 heteroatoms. The Morgan fingerprint density at radius 2 is 1.43 bits per heavy atom. The quantitative estimate of drug-likeness (QED) is 0.253. The topological polar surface area (TPSA) is 79.2 Å². The van der Waals surface area contributed by atoms with Crippen LogP contribution >= 0.6 is 0 Å². The van der Waals surface area contributed by atoms with Gasteiger partial charge in [-0.3, -0.25) is 0 Å². The molecule has 0 unspecified atom stereocenters.